The fourth-order valence-electron chi connectivity index (χ4n) is 1.96. The molecule has 0 saturated carbocycles. The lowest BCUT2D eigenvalue weighted by molar-refractivity contribution is 0.0948. The predicted molar refractivity (Wildman–Crippen MR) is 83.6 cm³/mol. The molecule has 1 aromatic carbocycles. The number of benzene rings is 1. The first-order valence-electron chi connectivity index (χ1n) is 6.85. The Bertz CT molecular complexity index is 421. The number of hydrogen-bond donors (Lipinski definition) is 1. The van der Waals surface area contributed by atoms with Crippen LogP contribution in [-0.4, -0.2) is 37.0 Å². The average Bonchev–Trinajstić information content (AvgIpc) is 2.40. The van der Waals surface area contributed by atoms with Crippen molar-refractivity contribution in [3.05, 3.63) is 33.8 Å². The Morgan fingerprint density at radius 2 is 2.05 bits per heavy atom. The second-order valence-electron chi connectivity index (χ2n) is 4.65. The Kier molecular flexibility index (Phi) is 7.10. The maximum atomic E-state index is 12.0. The summed E-state index contributed by atoms with van der Waals surface area (Å²) in [4.78, 5) is 14.3. The van der Waals surface area contributed by atoms with Crippen molar-refractivity contribution in [2.24, 2.45) is 0 Å². The number of carbonyl (C=O) groups is 1. The quantitative estimate of drug-likeness (QED) is 0.834. The van der Waals surface area contributed by atoms with Gasteiger partial charge in [0.2, 0.25) is 0 Å². The Morgan fingerprint density at radius 1 is 1.32 bits per heavy atom. The van der Waals surface area contributed by atoms with Gasteiger partial charge in [-0.05, 0) is 50.2 Å². The standard InChI is InChI=1S/C15H23BrN2O/c1-4-9-18(5-2)10-8-17-15(19)13-6-7-14(16)12(3)11-13/h6-7,11H,4-5,8-10H2,1-3H3,(H,17,19). The molecule has 1 aromatic rings. The van der Waals surface area contributed by atoms with E-state index < -0.39 is 0 Å². The summed E-state index contributed by atoms with van der Waals surface area (Å²) in [5, 5.41) is 2.97. The van der Waals surface area contributed by atoms with Crippen LogP contribution in [0.4, 0.5) is 0 Å². The molecule has 0 radical (unpaired) electrons. The molecule has 0 aliphatic rings. The zero-order chi connectivity index (χ0) is 14.3. The van der Waals surface area contributed by atoms with E-state index in [4.69, 9.17) is 0 Å². The summed E-state index contributed by atoms with van der Waals surface area (Å²) in [7, 11) is 0. The summed E-state index contributed by atoms with van der Waals surface area (Å²) in [6, 6.07) is 5.67. The highest BCUT2D eigenvalue weighted by Crippen LogP contribution is 2.16. The molecule has 0 bridgehead atoms. The topological polar surface area (TPSA) is 32.3 Å². The first kappa shape index (κ1) is 16.2. The smallest absolute Gasteiger partial charge is 0.251 e. The number of likely N-dealkylation sites (N-methyl/N-ethyl adjacent to an activating group) is 1. The van der Waals surface area contributed by atoms with Crippen molar-refractivity contribution in [2.45, 2.75) is 27.2 Å². The second kappa shape index (κ2) is 8.33. The van der Waals surface area contributed by atoms with Crippen LogP contribution in [0.1, 0.15) is 36.2 Å². The third-order valence-corrected chi connectivity index (χ3v) is 4.01. The van der Waals surface area contributed by atoms with Crippen LogP contribution in [-0.2, 0) is 0 Å². The highest BCUT2D eigenvalue weighted by atomic mass is 79.9. The van der Waals surface area contributed by atoms with Crippen molar-refractivity contribution in [1.82, 2.24) is 10.2 Å². The largest absolute Gasteiger partial charge is 0.351 e. The van der Waals surface area contributed by atoms with Crippen LogP contribution in [0.5, 0.6) is 0 Å². The van der Waals surface area contributed by atoms with E-state index >= 15 is 0 Å². The van der Waals surface area contributed by atoms with Crippen molar-refractivity contribution in [3.8, 4) is 0 Å². The first-order valence-corrected chi connectivity index (χ1v) is 7.64. The number of nitrogens with zero attached hydrogens (tertiary/aromatic N) is 1. The zero-order valence-electron chi connectivity index (χ0n) is 12.0. The fraction of sp³-hybridized carbons (Fsp3) is 0.533. The number of aryl methyl sites for hydroxylation is 1. The van der Waals surface area contributed by atoms with Crippen LogP contribution < -0.4 is 5.32 Å². The van der Waals surface area contributed by atoms with Gasteiger partial charge in [0.1, 0.15) is 0 Å². The van der Waals surface area contributed by atoms with Crippen molar-refractivity contribution in [1.29, 1.82) is 0 Å². The molecular weight excluding hydrogens is 304 g/mol. The molecule has 0 unspecified atom stereocenters. The molecule has 0 aromatic heterocycles. The summed E-state index contributed by atoms with van der Waals surface area (Å²) in [6.45, 7) is 10.0. The fourth-order valence-corrected chi connectivity index (χ4v) is 2.21. The molecule has 1 amide bonds. The van der Waals surface area contributed by atoms with E-state index in [1.165, 1.54) is 0 Å². The molecule has 1 rings (SSSR count). The number of amides is 1. The summed E-state index contributed by atoms with van der Waals surface area (Å²) in [6.07, 6.45) is 1.15. The van der Waals surface area contributed by atoms with Gasteiger partial charge in [0.05, 0.1) is 0 Å². The van der Waals surface area contributed by atoms with Crippen molar-refractivity contribution < 1.29 is 4.79 Å². The first-order chi connectivity index (χ1) is 9.08. The van der Waals surface area contributed by atoms with Crippen molar-refractivity contribution in [2.75, 3.05) is 26.2 Å². The molecule has 106 valence electrons. The predicted octanol–water partition coefficient (Wildman–Crippen LogP) is 3.22. The summed E-state index contributed by atoms with van der Waals surface area (Å²) in [5.41, 5.74) is 1.80. The van der Waals surface area contributed by atoms with Gasteiger partial charge in [-0.25, -0.2) is 0 Å². The highest BCUT2D eigenvalue weighted by molar-refractivity contribution is 9.10. The highest BCUT2D eigenvalue weighted by Gasteiger charge is 2.07. The van der Waals surface area contributed by atoms with E-state index in [0.29, 0.717) is 6.54 Å². The van der Waals surface area contributed by atoms with E-state index in [1.807, 2.05) is 25.1 Å². The minimum absolute atomic E-state index is 0.00292. The van der Waals surface area contributed by atoms with Gasteiger partial charge in [-0.1, -0.05) is 29.8 Å². The van der Waals surface area contributed by atoms with Crippen LogP contribution in [0.2, 0.25) is 0 Å². The van der Waals surface area contributed by atoms with E-state index in [2.05, 4.69) is 40.0 Å². The molecule has 0 fully saturated rings. The van der Waals surface area contributed by atoms with Crippen LogP contribution in [0.25, 0.3) is 0 Å². The Balaban J connectivity index is 2.44. The summed E-state index contributed by atoms with van der Waals surface area (Å²) >= 11 is 3.44. The molecule has 0 aliphatic carbocycles. The zero-order valence-corrected chi connectivity index (χ0v) is 13.6. The second-order valence-corrected chi connectivity index (χ2v) is 5.51. The van der Waals surface area contributed by atoms with Crippen molar-refractivity contribution >= 4 is 21.8 Å². The minimum atomic E-state index is 0.00292. The van der Waals surface area contributed by atoms with Gasteiger partial charge in [0, 0.05) is 23.1 Å². The average molecular weight is 327 g/mol. The molecule has 0 atom stereocenters. The van der Waals surface area contributed by atoms with E-state index in [1.54, 1.807) is 0 Å². The number of nitrogens with one attached hydrogen (secondary N) is 1. The maximum Gasteiger partial charge on any atom is 0.251 e. The molecule has 0 heterocycles. The van der Waals surface area contributed by atoms with Gasteiger partial charge in [-0.15, -0.1) is 0 Å². The number of hydrogen-bond acceptors (Lipinski definition) is 2. The van der Waals surface area contributed by atoms with Gasteiger partial charge < -0.3 is 10.2 Å². The molecule has 0 saturated heterocycles. The van der Waals surface area contributed by atoms with Crippen LogP contribution >= 0.6 is 15.9 Å². The minimum Gasteiger partial charge on any atom is -0.351 e. The van der Waals surface area contributed by atoms with Crippen LogP contribution in [0, 0.1) is 6.92 Å². The lowest BCUT2D eigenvalue weighted by atomic mass is 10.1. The van der Waals surface area contributed by atoms with E-state index in [-0.39, 0.29) is 5.91 Å². The molecule has 19 heavy (non-hydrogen) atoms. The third-order valence-electron chi connectivity index (χ3n) is 3.12. The Morgan fingerprint density at radius 3 is 2.63 bits per heavy atom. The van der Waals surface area contributed by atoms with Crippen molar-refractivity contribution in [3.63, 3.8) is 0 Å². The van der Waals surface area contributed by atoms with Crippen LogP contribution in [0.3, 0.4) is 0 Å². The SMILES string of the molecule is CCCN(CC)CCNC(=O)c1ccc(Br)c(C)c1. The van der Waals surface area contributed by atoms with Gasteiger partial charge in [-0.3, -0.25) is 4.79 Å². The van der Waals surface area contributed by atoms with Gasteiger partial charge in [0.15, 0.2) is 0 Å². The summed E-state index contributed by atoms with van der Waals surface area (Å²) in [5.74, 6) is 0.00292. The molecule has 1 N–H and O–H groups in total. The summed E-state index contributed by atoms with van der Waals surface area (Å²) < 4.78 is 1.03. The monoisotopic (exact) mass is 326 g/mol. The Hall–Kier alpha value is -0.870. The number of rotatable bonds is 7. The molecule has 4 heteroatoms. The van der Waals surface area contributed by atoms with Gasteiger partial charge in [0.25, 0.3) is 5.91 Å². The normalized spacial score (nSPS) is 10.8. The van der Waals surface area contributed by atoms with E-state index in [0.717, 1.165) is 41.7 Å². The Labute approximate surface area is 124 Å². The molecule has 3 nitrogen and oxygen atoms in total. The molecule has 0 aliphatic heterocycles. The maximum absolute atomic E-state index is 12.0. The lowest BCUT2D eigenvalue weighted by Gasteiger charge is -2.19. The van der Waals surface area contributed by atoms with E-state index in [9.17, 15) is 4.79 Å². The number of carbonyl (C=O) groups excluding carboxylic acids is 1. The molecule has 0 spiro atoms. The van der Waals surface area contributed by atoms with Gasteiger partial charge in [-0.2, -0.15) is 0 Å². The van der Waals surface area contributed by atoms with Gasteiger partial charge >= 0.3 is 0 Å². The third kappa shape index (κ3) is 5.33. The van der Waals surface area contributed by atoms with Crippen LogP contribution in [0.15, 0.2) is 22.7 Å². The number of halogens is 1. The molecular formula is C15H23BrN2O. The lowest BCUT2D eigenvalue weighted by Crippen LogP contribution is -2.35.